The van der Waals surface area contributed by atoms with Crippen molar-refractivity contribution >= 4 is 23.3 Å². The zero-order chi connectivity index (χ0) is 13.9. The molecule has 0 spiro atoms. The second kappa shape index (κ2) is 5.98. The van der Waals surface area contributed by atoms with Gasteiger partial charge in [-0.3, -0.25) is 4.40 Å². The molecule has 0 aliphatic heterocycles. The molecule has 3 rings (SSSR count). The summed E-state index contributed by atoms with van der Waals surface area (Å²) >= 11 is 6.25. The van der Waals surface area contributed by atoms with E-state index in [1.807, 2.05) is 34.9 Å². The Morgan fingerprint density at radius 1 is 1.35 bits per heavy atom. The van der Waals surface area contributed by atoms with Crippen molar-refractivity contribution < 1.29 is 5.11 Å². The standard InChI is InChI=1S/C16H19ClN2O/c17-16-14(19-9-5-4-8-15(19)18-16)10-13(11-20)12-6-2-1-3-7-12/h4-5,8-10,12,20H,1-3,6-7,11H2/b13-10-. The molecular formula is C16H19ClN2O. The van der Waals surface area contributed by atoms with Crippen LogP contribution in [-0.2, 0) is 0 Å². The Kier molecular flexibility index (Phi) is 4.08. The summed E-state index contributed by atoms with van der Waals surface area (Å²) in [6.07, 6.45) is 10.1. The number of imidazole rings is 1. The third-order valence-corrected chi connectivity index (χ3v) is 4.43. The van der Waals surface area contributed by atoms with Crippen LogP contribution in [0.15, 0.2) is 30.0 Å². The first-order valence-corrected chi connectivity index (χ1v) is 7.61. The maximum absolute atomic E-state index is 9.70. The predicted molar refractivity (Wildman–Crippen MR) is 81.8 cm³/mol. The van der Waals surface area contributed by atoms with E-state index in [1.165, 1.54) is 32.1 Å². The highest BCUT2D eigenvalue weighted by Gasteiger charge is 2.18. The fourth-order valence-corrected chi connectivity index (χ4v) is 3.29. The first-order valence-electron chi connectivity index (χ1n) is 7.23. The van der Waals surface area contributed by atoms with Crippen molar-refractivity contribution in [1.82, 2.24) is 9.38 Å². The number of aliphatic hydroxyl groups excluding tert-OH is 1. The van der Waals surface area contributed by atoms with Crippen LogP contribution in [-0.4, -0.2) is 21.1 Å². The highest BCUT2D eigenvalue weighted by Crippen LogP contribution is 2.31. The van der Waals surface area contributed by atoms with Crippen molar-refractivity contribution in [3.8, 4) is 0 Å². The highest BCUT2D eigenvalue weighted by atomic mass is 35.5. The molecule has 0 unspecified atom stereocenters. The van der Waals surface area contributed by atoms with E-state index < -0.39 is 0 Å². The normalized spacial score (nSPS) is 17.8. The van der Waals surface area contributed by atoms with Gasteiger partial charge in [0, 0.05) is 6.20 Å². The maximum Gasteiger partial charge on any atom is 0.155 e. The Morgan fingerprint density at radius 3 is 2.90 bits per heavy atom. The SMILES string of the molecule is OC/C(=C/c1c(Cl)nc2ccccn12)C1CCCCC1. The molecule has 4 heteroatoms. The minimum absolute atomic E-state index is 0.0983. The number of aliphatic hydroxyl groups is 1. The van der Waals surface area contributed by atoms with Crippen LogP contribution in [0.5, 0.6) is 0 Å². The van der Waals surface area contributed by atoms with Crippen LogP contribution in [0.4, 0.5) is 0 Å². The molecule has 0 bridgehead atoms. The van der Waals surface area contributed by atoms with Gasteiger partial charge in [0.2, 0.25) is 0 Å². The van der Waals surface area contributed by atoms with Gasteiger partial charge in [0.1, 0.15) is 5.65 Å². The molecule has 1 N–H and O–H groups in total. The number of hydrogen-bond acceptors (Lipinski definition) is 2. The number of pyridine rings is 1. The lowest BCUT2D eigenvalue weighted by molar-refractivity contribution is 0.295. The summed E-state index contributed by atoms with van der Waals surface area (Å²) in [6, 6.07) is 5.84. The van der Waals surface area contributed by atoms with E-state index in [9.17, 15) is 5.11 Å². The van der Waals surface area contributed by atoms with Crippen molar-refractivity contribution in [3.63, 3.8) is 0 Å². The third-order valence-electron chi connectivity index (χ3n) is 4.16. The number of rotatable bonds is 3. The Bertz CT molecular complexity index is 626. The van der Waals surface area contributed by atoms with Gasteiger partial charge in [-0.15, -0.1) is 0 Å². The maximum atomic E-state index is 9.70. The first-order chi connectivity index (χ1) is 9.79. The monoisotopic (exact) mass is 290 g/mol. The van der Waals surface area contributed by atoms with E-state index in [0.717, 1.165) is 16.9 Å². The van der Waals surface area contributed by atoms with Crippen LogP contribution >= 0.6 is 11.6 Å². The van der Waals surface area contributed by atoms with Gasteiger partial charge >= 0.3 is 0 Å². The third kappa shape index (κ3) is 2.60. The van der Waals surface area contributed by atoms with E-state index in [0.29, 0.717) is 11.1 Å². The van der Waals surface area contributed by atoms with E-state index in [-0.39, 0.29) is 6.61 Å². The molecule has 1 fully saturated rings. The smallest absolute Gasteiger partial charge is 0.155 e. The molecule has 0 atom stereocenters. The van der Waals surface area contributed by atoms with Crippen molar-refractivity contribution in [2.75, 3.05) is 6.61 Å². The van der Waals surface area contributed by atoms with E-state index in [1.54, 1.807) is 0 Å². The molecule has 2 aromatic heterocycles. The van der Waals surface area contributed by atoms with Crippen LogP contribution in [0.1, 0.15) is 37.8 Å². The second-order valence-corrected chi connectivity index (χ2v) is 5.79. The van der Waals surface area contributed by atoms with Crippen molar-refractivity contribution in [2.45, 2.75) is 32.1 Å². The lowest BCUT2D eigenvalue weighted by Crippen LogP contribution is -2.12. The molecule has 1 aliphatic rings. The summed E-state index contributed by atoms with van der Waals surface area (Å²) in [4.78, 5) is 4.35. The first kappa shape index (κ1) is 13.7. The fraction of sp³-hybridized carbons (Fsp3) is 0.438. The van der Waals surface area contributed by atoms with Crippen molar-refractivity contribution in [1.29, 1.82) is 0 Å². The molecule has 0 aromatic carbocycles. The summed E-state index contributed by atoms with van der Waals surface area (Å²) in [5, 5.41) is 10.2. The molecule has 0 radical (unpaired) electrons. The van der Waals surface area contributed by atoms with Crippen molar-refractivity contribution in [2.24, 2.45) is 5.92 Å². The molecule has 3 nitrogen and oxygen atoms in total. The zero-order valence-electron chi connectivity index (χ0n) is 11.4. The Labute approximate surface area is 123 Å². The summed E-state index contributed by atoms with van der Waals surface area (Å²) in [5.41, 5.74) is 2.79. The molecule has 0 amide bonds. The Balaban J connectivity index is 2.00. The summed E-state index contributed by atoms with van der Waals surface area (Å²) in [7, 11) is 0. The Hall–Kier alpha value is -1.32. The number of fused-ring (bicyclic) bond motifs is 1. The fourth-order valence-electron chi connectivity index (χ4n) is 3.06. The molecule has 1 saturated carbocycles. The minimum atomic E-state index is 0.0983. The average Bonchev–Trinajstić information content (AvgIpc) is 2.81. The van der Waals surface area contributed by atoms with Gasteiger partial charge in [0.15, 0.2) is 5.15 Å². The average molecular weight is 291 g/mol. The van der Waals surface area contributed by atoms with Crippen LogP contribution in [0, 0.1) is 5.92 Å². The number of nitrogens with zero attached hydrogens (tertiary/aromatic N) is 2. The molecule has 2 heterocycles. The van der Waals surface area contributed by atoms with Crippen LogP contribution in [0.2, 0.25) is 5.15 Å². The van der Waals surface area contributed by atoms with Gasteiger partial charge in [-0.05, 0) is 42.5 Å². The zero-order valence-corrected chi connectivity index (χ0v) is 12.2. The molecule has 20 heavy (non-hydrogen) atoms. The number of aromatic nitrogens is 2. The summed E-state index contributed by atoms with van der Waals surface area (Å²) < 4.78 is 1.97. The lowest BCUT2D eigenvalue weighted by atomic mass is 9.83. The minimum Gasteiger partial charge on any atom is -0.392 e. The molecule has 1 aliphatic carbocycles. The summed E-state index contributed by atoms with van der Waals surface area (Å²) in [6.45, 7) is 0.0983. The molecule has 0 saturated heterocycles. The van der Waals surface area contributed by atoms with Gasteiger partial charge in [0.05, 0.1) is 12.3 Å². The van der Waals surface area contributed by atoms with E-state index in [4.69, 9.17) is 11.6 Å². The largest absolute Gasteiger partial charge is 0.392 e. The van der Waals surface area contributed by atoms with E-state index in [2.05, 4.69) is 4.98 Å². The predicted octanol–water partition coefficient (Wildman–Crippen LogP) is 3.94. The van der Waals surface area contributed by atoms with Crippen LogP contribution < -0.4 is 0 Å². The topological polar surface area (TPSA) is 37.5 Å². The van der Waals surface area contributed by atoms with E-state index >= 15 is 0 Å². The second-order valence-electron chi connectivity index (χ2n) is 5.43. The quantitative estimate of drug-likeness (QED) is 0.929. The highest BCUT2D eigenvalue weighted by molar-refractivity contribution is 6.31. The van der Waals surface area contributed by atoms with Gasteiger partial charge in [0.25, 0.3) is 0 Å². The van der Waals surface area contributed by atoms with Gasteiger partial charge in [-0.25, -0.2) is 4.98 Å². The molecule has 106 valence electrons. The molecule has 2 aromatic rings. The lowest BCUT2D eigenvalue weighted by Gasteiger charge is -2.23. The van der Waals surface area contributed by atoms with Crippen LogP contribution in [0.3, 0.4) is 0 Å². The molecular weight excluding hydrogens is 272 g/mol. The van der Waals surface area contributed by atoms with Gasteiger partial charge < -0.3 is 5.11 Å². The van der Waals surface area contributed by atoms with Crippen LogP contribution in [0.25, 0.3) is 11.7 Å². The van der Waals surface area contributed by atoms with Gasteiger partial charge in [-0.1, -0.05) is 36.9 Å². The summed E-state index contributed by atoms with van der Waals surface area (Å²) in [5.74, 6) is 0.485. The van der Waals surface area contributed by atoms with Crippen molar-refractivity contribution in [3.05, 3.63) is 40.8 Å². The van der Waals surface area contributed by atoms with Gasteiger partial charge in [-0.2, -0.15) is 0 Å². The number of halogens is 1. The Morgan fingerprint density at radius 2 is 2.15 bits per heavy atom. The number of hydrogen-bond donors (Lipinski definition) is 1.